The average Bonchev–Trinajstić information content (AvgIpc) is 3.28. The monoisotopic (exact) mass is 444 g/mol. The van der Waals surface area contributed by atoms with Crippen LogP contribution in [0.15, 0.2) is 23.3 Å². The smallest absolute Gasteiger partial charge is 0.331 e. The molecule has 0 bridgehead atoms. The van der Waals surface area contributed by atoms with Gasteiger partial charge in [0.05, 0.1) is 5.60 Å². The molecule has 32 heavy (non-hydrogen) atoms. The maximum Gasteiger partial charge on any atom is 0.331 e. The zero-order chi connectivity index (χ0) is 22.9. The third kappa shape index (κ3) is 2.86. The first-order valence-electron chi connectivity index (χ1n) is 11.8. The van der Waals surface area contributed by atoms with Crippen molar-refractivity contribution >= 4 is 17.9 Å². The van der Waals surface area contributed by atoms with Gasteiger partial charge in [0.25, 0.3) is 0 Å². The summed E-state index contributed by atoms with van der Waals surface area (Å²) in [4.78, 5) is 36.0. The van der Waals surface area contributed by atoms with Gasteiger partial charge in [0.2, 0.25) is 0 Å². The molecule has 174 valence electrons. The maximum atomic E-state index is 12.8. The van der Waals surface area contributed by atoms with Crippen LogP contribution in [0.1, 0.15) is 65.2 Å². The fourth-order valence-electron chi connectivity index (χ4n) is 8.14. The molecule has 0 radical (unpaired) electrons. The van der Waals surface area contributed by atoms with Crippen LogP contribution in [-0.4, -0.2) is 46.4 Å². The Kier molecular flexibility index (Phi) is 4.86. The number of carbonyl (C=O) groups excluding carboxylic acids is 2. The lowest BCUT2D eigenvalue weighted by molar-refractivity contribution is -0.225. The van der Waals surface area contributed by atoms with Crippen molar-refractivity contribution in [2.45, 2.75) is 76.9 Å². The SMILES string of the molecule is CC(=O)OC1CCC2(C(=O)O)C3CCC4(C)C(=CCC4C4=CC(=O)OC4)C3CCC2(O)C1. The molecule has 7 unspecified atom stereocenters. The number of cyclic esters (lactones) is 1. The van der Waals surface area contributed by atoms with Gasteiger partial charge in [-0.1, -0.05) is 18.6 Å². The Morgan fingerprint density at radius 2 is 1.97 bits per heavy atom. The normalized spacial score (nSPS) is 45.0. The van der Waals surface area contributed by atoms with Crippen LogP contribution >= 0.6 is 0 Å². The molecule has 4 aliphatic carbocycles. The van der Waals surface area contributed by atoms with E-state index in [9.17, 15) is 24.6 Å². The number of carboxylic acid groups (broad SMARTS) is 1. The largest absolute Gasteiger partial charge is 0.481 e. The lowest BCUT2D eigenvalue weighted by Gasteiger charge is -2.61. The van der Waals surface area contributed by atoms with E-state index < -0.39 is 29.1 Å². The second kappa shape index (κ2) is 7.17. The molecule has 0 aromatic rings. The molecule has 5 rings (SSSR count). The van der Waals surface area contributed by atoms with E-state index >= 15 is 0 Å². The molecule has 5 aliphatic rings. The number of carbonyl (C=O) groups is 3. The molecule has 0 amide bonds. The first-order chi connectivity index (χ1) is 15.1. The number of hydrogen-bond donors (Lipinski definition) is 2. The summed E-state index contributed by atoms with van der Waals surface area (Å²) in [6.45, 7) is 3.95. The van der Waals surface area contributed by atoms with Crippen LogP contribution in [0.3, 0.4) is 0 Å². The summed E-state index contributed by atoms with van der Waals surface area (Å²) in [6.07, 6.45) is 7.95. The topological polar surface area (TPSA) is 110 Å². The third-order valence-electron chi connectivity index (χ3n) is 9.47. The molecule has 3 saturated carbocycles. The quantitative estimate of drug-likeness (QED) is 0.508. The number of allylic oxidation sites excluding steroid dienone is 2. The highest BCUT2D eigenvalue weighted by atomic mass is 16.5. The number of aliphatic hydroxyl groups is 1. The number of esters is 2. The number of aliphatic carboxylic acids is 1. The second-order valence-electron chi connectivity index (χ2n) is 10.8. The fraction of sp³-hybridized carbons (Fsp3) is 0.720. The highest BCUT2D eigenvalue weighted by Gasteiger charge is 2.69. The van der Waals surface area contributed by atoms with Crippen molar-refractivity contribution in [1.82, 2.24) is 0 Å². The molecule has 1 aliphatic heterocycles. The molecule has 1 heterocycles. The summed E-state index contributed by atoms with van der Waals surface area (Å²) >= 11 is 0. The molecule has 7 nitrogen and oxygen atoms in total. The Hall–Kier alpha value is -2.15. The van der Waals surface area contributed by atoms with Gasteiger partial charge in [-0.05, 0) is 73.7 Å². The summed E-state index contributed by atoms with van der Waals surface area (Å²) in [5.74, 6) is -1.42. The molecular formula is C25H32O7. The number of rotatable bonds is 3. The van der Waals surface area contributed by atoms with E-state index in [-0.39, 0.29) is 35.6 Å². The van der Waals surface area contributed by atoms with E-state index in [0.29, 0.717) is 25.9 Å². The third-order valence-corrected chi connectivity index (χ3v) is 9.47. The van der Waals surface area contributed by atoms with Gasteiger partial charge < -0.3 is 19.7 Å². The first kappa shape index (κ1) is 21.7. The van der Waals surface area contributed by atoms with Gasteiger partial charge >= 0.3 is 17.9 Å². The molecule has 0 aromatic heterocycles. The molecule has 0 spiro atoms. The minimum atomic E-state index is -1.38. The maximum absolute atomic E-state index is 12.8. The Labute approximate surface area is 187 Å². The van der Waals surface area contributed by atoms with Crippen LogP contribution < -0.4 is 0 Å². The van der Waals surface area contributed by atoms with Crippen molar-refractivity contribution in [3.05, 3.63) is 23.3 Å². The number of hydrogen-bond acceptors (Lipinski definition) is 6. The van der Waals surface area contributed by atoms with E-state index in [1.165, 1.54) is 12.5 Å². The lowest BCUT2D eigenvalue weighted by atomic mass is 9.43. The minimum absolute atomic E-state index is 0.106. The van der Waals surface area contributed by atoms with Crippen LogP contribution in [0.5, 0.6) is 0 Å². The standard InChI is InChI=1S/C25H32O7/c1-14(26)32-16-5-10-25(22(28)29)20-7-8-23(2)18(15-11-21(27)31-13-15)3-4-19(23)17(20)6-9-24(25,30)12-16/h4,11,16-18,20,30H,3,5-10,12-13H2,1-2H3,(H,28,29). The van der Waals surface area contributed by atoms with Gasteiger partial charge in [-0.3, -0.25) is 9.59 Å². The van der Waals surface area contributed by atoms with Crippen LogP contribution in [0, 0.1) is 28.6 Å². The first-order valence-corrected chi connectivity index (χ1v) is 11.8. The van der Waals surface area contributed by atoms with Crippen LogP contribution in [0.2, 0.25) is 0 Å². The van der Waals surface area contributed by atoms with Crippen LogP contribution in [0.25, 0.3) is 0 Å². The van der Waals surface area contributed by atoms with Crippen molar-refractivity contribution in [2.75, 3.05) is 6.61 Å². The number of fused-ring (bicyclic) bond motifs is 5. The minimum Gasteiger partial charge on any atom is -0.481 e. The van der Waals surface area contributed by atoms with Crippen molar-refractivity contribution in [2.24, 2.45) is 28.6 Å². The molecule has 2 N–H and O–H groups in total. The van der Waals surface area contributed by atoms with Crippen molar-refractivity contribution < 1.29 is 34.1 Å². The summed E-state index contributed by atoms with van der Waals surface area (Å²) in [5, 5.41) is 22.2. The number of carboxylic acids is 1. The van der Waals surface area contributed by atoms with Gasteiger partial charge in [0, 0.05) is 19.4 Å². The average molecular weight is 445 g/mol. The molecular weight excluding hydrogens is 412 g/mol. The zero-order valence-electron chi connectivity index (χ0n) is 18.8. The Balaban J connectivity index is 1.46. The second-order valence-corrected chi connectivity index (χ2v) is 10.8. The van der Waals surface area contributed by atoms with Crippen LogP contribution in [-0.2, 0) is 23.9 Å². The van der Waals surface area contributed by atoms with Crippen molar-refractivity contribution in [1.29, 1.82) is 0 Å². The highest BCUT2D eigenvalue weighted by molar-refractivity contribution is 5.85. The van der Waals surface area contributed by atoms with E-state index in [2.05, 4.69) is 13.0 Å². The fourth-order valence-corrected chi connectivity index (χ4v) is 8.14. The summed E-state index contributed by atoms with van der Waals surface area (Å²) < 4.78 is 10.6. The Bertz CT molecular complexity index is 935. The summed E-state index contributed by atoms with van der Waals surface area (Å²) in [5.41, 5.74) is -0.351. The lowest BCUT2D eigenvalue weighted by Crippen LogP contribution is -2.66. The van der Waals surface area contributed by atoms with E-state index in [1.807, 2.05) is 0 Å². The predicted molar refractivity (Wildman–Crippen MR) is 113 cm³/mol. The molecule has 7 atom stereocenters. The van der Waals surface area contributed by atoms with Gasteiger partial charge in [0.1, 0.15) is 18.1 Å². The summed E-state index contributed by atoms with van der Waals surface area (Å²) in [7, 11) is 0. The van der Waals surface area contributed by atoms with Crippen molar-refractivity contribution in [3.63, 3.8) is 0 Å². The van der Waals surface area contributed by atoms with Gasteiger partial charge in [-0.2, -0.15) is 0 Å². The predicted octanol–water partition coefficient (Wildman–Crippen LogP) is 3.16. The van der Waals surface area contributed by atoms with E-state index in [1.54, 1.807) is 6.08 Å². The molecule has 0 saturated heterocycles. The summed E-state index contributed by atoms with van der Waals surface area (Å²) in [6, 6.07) is 0. The Morgan fingerprint density at radius 1 is 1.19 bits per heavy atom. The van der Waals surface area contributed by atoms with Gasteiger partial charge in [0.15, 0.2) is 0 Å². The highest BCUT2D eigenvalue weighted by Crippen LogP contribution is 2.68. The molecule has 0 aromatic carbocycles. The van der Waals surface area contributed by atoms with E-state index in [0.717, 1.165) is 31.3 Å². The van der Waals surface area contributed by atoms with E-state index in [4.69, 9.17) is 9.47 Å². The molecule has 7 heteroatoms. The van der Waals surface area contributed by atoms with Gasteiger partial charge in [-0.25, -0.2) is 4.79 Å². The van der Waals surface area contributed by atoms with Crippen molar-refractivity contribution in [3.8, 4) is 0 Å². The van der Waals surface area contributed by atoms with Gasteiger partial charge in [-0.15, -0.1) is 0 Å². The Morgan fingerprint density at radius 3 is 2.62 bits per heavy atom. The zero-order valence-corrected chi connectivity index (χ0v) is 18.8. The molecule has 3 fully saturated rings. The van der Waals surface area contributed by atoms with Crippen LogP contribution in [0.4, 0.5) is 0 Å². The number of ether oxygens (including phenoxy) is 2.